The summed E-state index contributed by atoms with van der Waals surface area (Å²) in [5, 5.41) is 0. The minimum atomic E-state index is -0.434. The summed E-state index contributed by atoms with van der Waals surface area (Å²) in [6.45, 7) is 3.47. The molecule has 5 nitrogen and oxygen atoms in total. The Bertz CT molecular complexity index is 495. The Morgan fingerprint density at radius 3 is 2.71 bits per heavy atom. The predicted octanol–water partition coefficient (Wildman–Crippen LogP) is 1.77. The van der Waals surface area contributed by atoms with Gasteiger partial charge in [0.1, 0.15) is 12.2 Å². The molecule has 3 aliphatic heterocycles. The Hall–Kier alpha value is -1.62. The van der Waals surface area contributed by atoms with E-state index in [-0.39, 0.29) is 42.1 Å². The minimum absolute atomic E-state index is 0.00444. The van der Waals surface area contributed by atoms with Crippen LogP contribution in [0.1, 0.15) is 26.7 Å². The molecule has 0 amide bonds. The van der Waals surface area contributed by atoms with Crippen molar-refractivity contribution in [2.24, 2.45) is 11.8 Å². The highest BCUT2D eigenvalue weighted by Gasteiger charge is 2.50. The molecule has 3 rings (SSSR count). The Morgan fingerprint density at radius 2 is 2.00 bits per heavy atom. The van der Waals surface area contributed by atoms with Gasteiger partial charge in [-0.3, -0.25) is 9.59 Å². The number of cyclic esters (lactones) is 1. The number of hydrogen-bond donors (Lipinski definition) is 0. The van der Waals surface area contributed by atoms with Crippen molar-refractivity contribution in [3.8, 4) is 0 Å². The molecule has 6 unspecified atom stereocenters. The van der Waals surface area contributed by atoms with Crippen LogP contribution in [0.3, 0.4) is 0 Å². The van der Waals surface area contributed by atoms with Crippen LogP contribution in [0.15, 0.2) is 24.3 Å². The Morgan fingerprint density at radius 1 is 1.29 bits per heavy atom. The van der Waals surface area contributed by atoms with E-state index in [0.29, 0.717) is 12.8 Å². The van der Waals surface area contributed by atoms with Gasteiger partial charge in [0, 0.05) is 19.3 Å². The highest BCUT2D eigenvalue weighted by molar-refractivity contribution is 5.71. The van der Waals surface area contributed by atoms with Crippen LogP contribution in [0.2, 0.25) is 0 Å². The highest BCUT2D eigenvalue weighted by Crippen LogP contribution is 2.41. The molecule has 6 atom stereocenters. The zero-order valence-corrected chi connectivity index (χ0v) is 12.2. The molecule has 0 saturated carbocycles. The summed E-state index contributed by atoms with van der Waals surface area (Å²) in [7, 11) is 0. The van der Waals surface area contributed by atoms with Gasteiger partial charge in [0.2, 0.25) is 0 Å². The van der Waals surface area contributed by atoms with E-state index >= 15 is 0 Å². The van der Waals surface area contributed by atoms with Gasteiger partial charge in [-0.15, -0.1) is 0 Å². The van der Waals surface area contributed by atoms with E-state index in [2.05, 4.69) is 6.92 Å². The first kappa shape index (κ1) is 14.3. The predicted molar refractivity (Wildman–Crippen MR) is 74.3 cm³/mol. The van der Waals surface area contributed by atoms with E-state index in [9.17, 15) is 9.59 Å². The van der Waals surface area contributed by atoms with Gasteiger partial charge < -0.3 is 14.2 Å². The van der Waals surface area contributed by atoms with Crippen molar-refractivity contribution < 1.29 is 23.8 Å². The van der Waals surface area contributed by atoms with Gasteiger partial charge in [0.15, 0.2) is 0 Å². The first-order valence-electron chi connectivity index (χ1n) is 7.43. The Kier molecular flexibility index (Phi) is 3.85. The maximum atomic E-state index is 11.7. The van der Waals surface area contributed by atoms with Crippen molar-refractivity contribution in [2.75, 3.05) is 0 Å². The molecule has 2 fully saturated rings. The summed E-state index contributed by atoms with van der Waals surface area (Å²) in [5.74, 6) is -0.366. The lowest BCUT2D eigenvalue weighted by Gasteiger charge is -2.37. The third-order valence-corrected chi connectivity index (χ3v) is 4.50. The first-order chi connectivity index (χ1) is 10.1. The molecular formula is C16H20O5. The molecule has 2 saturated heterocycles. The molecule has 2 bridgehead atoms. The van der Waals surface area contributed by atoms with Crippen LogP contribution in [-0.4, -0.2) is 36.4 Å². The van der Waals surface area contributed by atoms with E-state index in [0.717, 1.165) is 0 Å². The van der Waals surface area contributed by atoms with Crippen molar-refractivity contribution in [3.05, 3.63) is 24.3 Å². The molecule has 3 aliphatic rings. The lowest BCUT2D eigenvalue weighted by molar-refractivity contribution is -0.183. The van der Waals surface area contributed by atoms with Crippen LogP contribution < -0.4 is 0 Å². The van der Waals surface area contributed by atoms with Gasteiger partial charge in [0.25, 0.3) is 0 Å². The van der Waals surface area contributed by atoms with Crippen molar-refractivity contribution in [3.63, 3.8) is 0 Å². The van der Waals surface area contributed by atoms with E-state index in [1.807, 2.05) is 24.3 Å². The zero-order valence-electron chi connectivity index (χ0n) is 12.2. The minimum Gasteiger partial charge on any atom is -0.459 e. The number of ether oxygens (including phenoxy) is 3. The fraction of sp³-hybridized carbons (Fsp3) is 0.625. The largest absolute Gasteiger partial charge is 0.459 e. The first-order valence-corrected chi connectivity index (χ1v) is 7.43. The van der Waals surface area contributed by atoms with Gasteiger partial charge in [-0.25, -0.2) is 0 Å². The summed E-state index contributed by atoms with van der Waals surface area (Å²) < 4.78 is 16.9. The molecule has 0 radical (unpaired) electrons. The summed E-state index contributed by atoms with van der Waals surface area (Å²) >= 11 is 0. The van der Waals surface area contributed by atoms with Gasteiger partial charge in [0.05, 0.1) is 12.2 Å². The molecule has 21 heavy (non-hydrogen) atoms. The number of hydrogen-bond acceptors (Lipinski definition) is 5. The van der Waals surface area contributed by atoms with Crippen LogP contribution >= 0.6 is 0 Å². The maximum absolute atomic E-state index is 11.7. The second-order valence-electron chi connectivity index (χ2n) is 5.91. The third-order valence-electron chi connectivity index (χ3n) is 4.50. The standard InChI is InChI=1S/C16H20O5/c1-9-11-5-3-4-6-12(20-11)15(9)16-13(19-10(2)17)7-8-14(18)21-16/h3-6,9,11-13,15-16H,7-8H2,1-2H3. The maximum Gasteiger partial charge on any atom is 0.306 e. The third kappa shape index (κ3) is 2.75. The van der Waals surface area contributed by atoms with Gasteiger partial charge in [-0.2, -0.15) is 0 Å². The summed E-state index contributed by atoms with van der Waals surface area (Å²) in [6, 6.07) is 0. The average molecular weight is 292 g/mol. The van der Waals surface area contributed by atoms with Crippen molar-refractivity contribution in [1.82, 2.24) is 0 Å². The van der Waals surface area contributed by atoms with E-state index < -0.39 is 6.10 Å². The molecule has 0 aromatic heterocycles. The molecule has 3 heterocycles. The number of carbonyl (C=O) groups is 2. The van der Waals surface area contributed by atoms with E-state index in [1.54, 1.807) is 0 Å². The lowest BCUT2D eigenvalue weighted by Crippen LogP contribution is -2.48. The second kappa shape index (κ2) is 5.64. The fourth-order valence-electron chi connectivity index (χ4n) is 3.52. The molecule has 0 aliphatic carbocycles. The number of esters is 2. The molecule has 0 aromatic carbocycles. The molecule has 114 valence electrons. The highest BCUT2D eigenvalue weighted by atomic mass is 16.6. The summed E-state index contributed by atoms with van der Waals surface area (Å²) in [5.41, 5.74) is 0. The molecule has 0 N–H and O–H groups in total. The molecule has 0 aromatic rings. The average Bonchev–Trinajstić information content (AvgIpc) is 2.61. The van der Waals surface area contributed by atoms with Crippen LogP contribution in [0.5, 0.6) is 0 Å². The normalized spacial score (nSPS) is 41.5. The van der Waals surface area contributed by atoms with Crippen molar-refractivity contribution >= 4 is 11.9 Å². The quantitative estimate of drug-likeness (QED) is 0.726. The molecular weight excluding hydrogens is 272 g/mol. The second-order valence-corrected chi connectivity index (χ2v) is 5.91. The van der Waals surface area contributed by atoms with E-state index in [1.165, 1.54) is 6.92 Å². The van der Waals surface area contributed by atoms with Crippen LogP contribution in [0.25, 0.3) is 0 Å². The van der Waals surface area contributed by atoms with Crippen LogP contribution in [0.4, 0.5) is 0 Å². The Labute approximate surface area is 123 Å². The lowest BCUT2D eigenvalue weighted by atomic mass is 9.79. The van der Waals surface area contributed by atoms with E-state index in [4.69, 9.17) is 14.2 Å². The zero-order chi connectivity index (χ0) is 15.0. The van der Waals surface area contributed by atoms with Crippen LogP contribution in [-0.2, 0) is 23.8 Å². The molecule has 5 heteroatoms. The monoisotopic (exact) mass is 292 g/mol. The number of rotatable bonds is 2. The van der Waals surface area contributed by atoms with Gasteiger partial charge in [-0.1, -0.05) is 31.2 Å². The Balaban J connectivity index is 1.84. The van der Waals surface area contributed by atoms with Gasteiger partial charge in [-0.05, 0) is 12.3 Å². The topological polar surface area (TPSA) is 61.8 Å². The SMILES string of the molecule is CC(=O)OC1CCC(=O)OC1C1C2C=CC=CC(O2)C1C. The van der Waals surface area contributed by atoms with Crippen LogP contribution in [0, 0.1) is 11.8 Å². The van der Waals surface area contributed by atoms with Crippen molar-refractivity contribution in [2.45, 2.75) is 51.1 Å². The number of fused-ring (bicyclic) bond motifs is 2. The number of allylic oxidation sites excluding steroid dienone is 2. The van der Waals surface area contributed by atoms with Gasteiger partial charge >= 0.3 is 11.9 Å². The summed E-state index contributed by atoms with van der Waals surface area (Å²) in [4.78, 5) is 23.0. The number of carbonyl (C=O) groups excluding carboxylic acids is 2. The van der Waals surface area contributed by atoms with Crippen molar-refractivity contribution in [1.29, 1.82) is 0 Å². The molecule has 0 spiro atoms. The smallest absolute Gasteiger partial charge is 0.306 e. The fourth-order valence-corrected chi connectivity index (χ4v) is 3.52. The summed E-state index contributed by atoms with van der Waals surface area (Å²) in [6.07, 6.45) is 7.82.